The highest BCUT2D eigenvalue weighted by molar-refractivity contribution is 6.33. The van der Waals surface area contributed by atoms with Crippen molar-refractivity contribution >= 4 is 47.4 Å². The van der Waals surface area contributed by atoms with Crippen molar-refractivity contribution in [1.29, 1.82) is 0 Å². The van der Waals surface area contributed by atoms with Gasteiger partial charge < -0.3 is 16.4 Å². The fourth-order valence-corrected chi connectivity index (χ4v) is 2.54. The van der Waals surface area contributed by atoms with Crippen LogP contribution in [0, 0.1) is 20.8 Å². The second kappa shape index (κ2) is 8.13. The minimum atomic E-state index is -0.548. The molecule has 1 amide bonds. The molecule has 1 heterocycles. The van der Waals surface area contributed by atoms with E-state index in [0.29, 0.717) is 22.1 Å². The average Bonchev–Trinajstić information content (AvgIpc) is 2.49. The molecule has 0 saturated carbocycles. The molecule has 9 heteroatoms. The molecule has 4 N–H and O–H groups in total. The predicted octanol–water partition coefficient (Wildman–Crippen LogP) is 2.66. The molecule has 2 aromatic rings. The fourth-order valence-electron chi connectivity index (χ4n) is 2.23. The first kappa shape index (κ1) is 20.7. The summed E-state index contributed by atoms with van der Waals surface area (Å²) in [6.07, 6.45) is 0. The summed E-state index contributed by atoms with van der Waals surface area (Å²) in [4.78, 5) is 26.2. The van der Waals surface area contributed by atoms with E-state index in [1.54, 1.807) is 12.1 Å². The van der Waals surface area contributed by atoms with Crippen LogP contribution in [0.25, 0.3) is 0 Å². The smallest absolute Gasteiger partial charge is 0.280 e. The molecule has 0 spiro atoms. The van der Waals surface area contributed by atoms with Crippen molar-refractivity contribution in [2.45, 2.75) is 20.8 Å². The molecular formula is C16H20Cl2N6O. The van der Waals surface area contributed by atoms with Crippen molar-refractivity contribution in [3.63, 3.8) is 0 Å². The van der Waals surface area contributed by atoms with Gasteiger partial charge in [-0.1, -0.05) is 11.6 Å². The van der Waals surface area contributed by atoms with Gasteiger partial charge in [-0.05, 0) is 39.0 Å². The minimum absolute atomic E-state index is 0. The Morgan fingerprint density at radius 2 is 1.72 bits per heavy atom. The number of aromatic nitrogens is 2. The van der Waals surface area contributed by atoms with Gasteiger partial charge in [-0.25, -0.2) is 4.98 Å². The third-order valence-electron chi connectivity index (χ3n) is 3.56. The van der Waals surface area contributed by atoms with Crippen molar-refractivity contribution in [1.82, 2.24) is 9.97 Å². The average molecular weight is 383 g/mol. The molecule has 134 valence electrons. The van der Waals surface area contributed by atoms with Gasteiger partial charge in [-0.15, -0.1) is 12.4 Å². The molecule has 7 nitrogen and oxygen atoms in total. The molecule has 1 aromatic heterocycles. The van der Waals surface area contributed by atoms with Crippen LogP contribution in [0.1, 0.15) is 27.4 Å². The summed E-state index contributed by atoms with van der Waals surface area (Å²) in [5.41, 5.74) is 13.9. The highest BCUT2D eigenvalue weighted by Crippen LogP contribution is 2.32. The standard InChI is InChI=1S/C16H19ClN6O.ClH/c1-8-9(2)21-14(10(3)20-8)23(4)13-6-5-11(7-12(13)17)15(24)22-16(18)19;/h5-7H,1-4H3,(H4,18,19,22,24);1H. The van der Waals surface area contributed by atoms with Gasteiger partial charge in [0.2, 0.25) is 0 Å². The molecule has 2 rings (SSSR count). The summed E-state index contributed by atoms with van der Waals surface area (Å²) < 4.78 is 0. The second-order valence-electron chi connectivity index (χ2n) is 5.37. The van der Waals surface area contributed by atoms with Crippen LogP contribution in [-0.2, 0) is 0 Å². The van der Waals surface area contributed by atoms with E-state index in [9.17, 15) is 4.79 Å². The minimum Gasteiger partial charge on any atom is -0.370 e. The summed E-state index contributed by atoms with van der Waals surface area (Å²) in [5, 5.41) is 0.383. The molecule has 0 aliphatic carbocycles. The van der Waals surface area contributed by atoms with Crippen LogP contribution in [0.5, 0.6) is 0 Å². The number of aliphatic imine (C=N–C) groups is 1. The Hall–Kier alpha value is -2.38. The number of carbonyl (C=O) groups excluding carboxylic acids is 1. The number of benzene rings is 1. The van der Waals surface area contributed by atoms with Crippen molar-refractivity contribution in [2.75, 3.05) is 11.9 Å². The summed E-state index contributed by atoms with van der Waals surface area (Å²) in [6.45, 7) is 5.70. The molecule has 0 aliphatic heterocycles. The Balaban J connectivity index is 0.00000312. The SMILES string of the molecule is Cc1nc(C)c(N(C)c2ccc(C(=O)N=C(N)N)cc2Cl)nc1C.Cl. The zero-order valence-electron chi connectivity index (χ0n) is 14.4. The topological polar surface area (TPSA) is 110 Å². The third kappa shape index (κ3) is 4.58. The summed E-state index contributed by atoms with van der Waals surface area (Å²) in [7, 11) is 1.84. The molecule has 0 aliphatic rings. The number of anilines is 2. The highest BCUT2D eigenvalue weighted by Gasteiger charge is 2.16. The molecule has 0 unspecified atom stereocenters. The number of nitrogens with zero attached hydrogens (tertiary/aromatic N) is 4. The number of hydrogen-bond acceptors (Lipinski definition) is 4. The second-order valence-corrected chi connectivity index (χ2v) is 5.78. The van der Waals surface area contributed by atoms with Crippen LogP contribution in [0.3, 0.4) is 0 Å². The number of amides is 1. The Kier molecular flexibility index (Phi) is 6.72. The van der Waals surface area contributed by atoms with Crippen LogP contribution in [0.4, 0.5) is 11.5 Å². The van der Waals surface area contributed by atoms with E-state index in [4.69, 9.17) is 23.1 Å². The number of aryl methyl sites for hydroxylation is 3. The van der Waals surface area contributed by atoms with Gasteiger partial charge >= 0.3 is 0 Å². The van der Waals surface area contributed by atoms with Crippen molar-refractivity contribution in [3.05, 3.63) is 45.9 Å². The van der Waals surface area contributed by atoms with Gasteiger partial charge in [0, 0.05) is 12.6 Å². The maximum Gasteiger partial charge on any atom is 0.280 e. The van der Waals surface area contributed by atoms with Crippen LogP contribution in [0.15, 0.2) is 23.2 Å². The van der Waals surface area contributed by atoms with Crippen LogP contribution >= 0.6 is 24.0 Å². The van der Waals surface area contributed by atoms with E-state index in [2.05, 4.69) is 15.0 Å². The highest BCUT2D eigenvalue weighted by atomic mass is 35.5. The molecular weight excluding hydrogens is 363 g/mol. The zero-order valence-corrected chi connectivity index (χ0v) is 15.9. The fraction of sp³-hybridized carbons (Fsp3) is 0.250. The van der Waals surface area contributed by atoms with E-state index in [-0.39, 0.29) is 18.4 Å². The normalized spacial score (nSPS) is 9.96. The molecule has 0 saturated heterocycles. The molecule has 0 bridgehead atoms. The van der Waals surface area contributed by atoms with Gasteiger partial charge in [0.15, 0.2) is 11.8 Å². The van der Waals surface area contributed by atoms with Crippen molar-refractivity contribution in [2.24, 2.45) is 16.5 Å². The van der Waals surface area contributed by atoms with Gasteiger partial charge in [0.05, 0.1) is 27.8 Å². The third-order valence-corrected chi connectivity index (χ3v) is 3.86. The first-order valence-corrected chi connectivity index (χ1v) is 7.57. The number of nitrogens with two attached hydrogens (primary N) is 2. The lowest BCUT2D eigenvalue weighted by Gasteiger charge is -2.22. The lowest BCUT2D eigenvalue weighted by molar-refractivity contribution is 0.100. The predicted molar refractivity (Wildman–Crippen MR) is 103 cm³/mol. The Morgan fingerprint density at radius 1 is 1.12 bits per heavy atom. The van der Waals surface area contributed by atoms with E-state index >= 15 is 0 Å². The number of rotatable bonds is 3. The van der Waals surface area contributed by atoms with Gasteiger partial charge in [0.1, 0.15) is 0 Å². The lowest BCUT2D eigenvalue weighted by Crippen LogP contribution is -2.24. The van der Waals surface area contributed by atoms with Crippen molar-refractivity contribution < 1.29 is 4.79 Å². The first-order valence-electron chi connectivity index (χ1n) is 7.19. The molecule has 0 atom stereocenters. The number of carbonyl (C=O) groups is 1. The van der Waals surface area contributed by atoms with Gasteiger partial charge in [-0.3, -0.25) is 9.78 Å². The van der Waals surface area contributed by atoms with Crippen molar-refractivity contribution in [3.8, 4) is 0 Å². The Morgan fingerprint density at radius 3 is 2.28 bits per heavy atom. The largest absolute Gasteiger partial charge is 0.370 e. The zero-order chi connectivity index (χ0) is 18.0. The maximum atomic E-state index is 11.9. The molecule has 25 heavy (non-hydrogen) atoms. The van der Waals surface area contributed by atoms with E-state index < -0.39 is 5.91 Å². The lowest BCUT2D eigenvalue weighted by atomic mass is 10.2. The summed E-state index contributed by atoms with van der Waals surface area (Å²) in [5.74, 6) is -0.144. The van der Waals surface area contributed by atoms with Gasteiger partial charge in [0.25, 0.3) is 5.91 Å². The maximum absolute atomic E-state index is 11.9. The van der Waals surface area contributed by atoms with Crippen LogP contribution in [-0.4, -0.2) is 28.9 Å². The number of hydrogen-bond donors (Lipinski definition) is 2. The quantitative estimate of drug-likeness (QED) is 0.623. The van der Waals surface area contributed by atoms with E-state index in [0.717, 1.165) is 17.1 Å². The summed E-state index contributed by atoms with van der Waals surface area (Å²) >= 11 is 6.33. The number of halogens is 2. The molecule has 0 radical (unpaired) electrons. The Labute approximate surface area is 157 Å². The van der Waals surface area contributed by atoms with Crippen LogP contribution in [0.2, 0.25) is 5.02 Å². The first-order chi connectivity index (χ1) is 11.2. The Bertz CT molecular complexity index is 834. The number of guanidine groups is 1. The van der Waals surface area contributed by atoms with E-state index in [1.807, 2.05) is 32.7 Å². The summed E-state index contributed by atoms with van der Waals surface area (Å²) in [6, 6.07) is 4.84. The molecule has 1 aromatic carbocycles. The van der Waals surface area contributed by atoms with Gasteiger partial charge in [-0.2, -0.15) is 4.99 Å². The molecule has 0 fully saturated rings. The van der Waals surface area contributed by atoms with Crippen LogP contribution < -0.4 is 16.4 Å². The monoisotopic (exact) mass is 382 g/mol. The van der Waals surface area contributed by atoms with E-state index in [1.165, 1.54) is 6.07 Å².